The maximum atomic E-state index is 13.6. The Morgan fingerprint density at radius 3 is 1.16 bits per heavy atom. The number of pyridine rings is 1. The summed E-state index contributed by atoms with van der Waals surface area (Å²) in [5.41, 5.74) is 7.40. The van der Waals surface area contributed by atoms with E-state index >= 15 is 0 Å². The lowest BCUT2D eigenvalue weighted by Gasteiger charge is -2.35. The first kappa shape index (κ1) is 104. The van der Waals surface area contributed by atoms with E-state index in [0.29, 0.717) is 77.1 Å². The Bertz CT molecular complexity index is 7860. The molecule has 30 nitrogen and oxygen atoms in total. The molecule has 0 radical (unpaired) electrons. The molecule has 0 bridgehead atoms. The fourth-order valence-electron chi connectivity index (χ4n) is 15.0. The quantitative estimate of drug-likeness (QED) is 0.0679. The second kappa shape index (κ2) is 39.5. The highest BCUT2D eigenvalue weighted by Crippen LogP contribution is 2.48. The van der Waals surface area contributed by atoms with Gasteiger partial charge in [-0.25, -0.2) is 8.78 Å². The number of nitrogens with zero attached hydrogens (tertiary/aromatic N) is 26. The molecule has 3 aliphatic rings. The van der Waals surface area contributed by atoms with Crippen molar-refractivity contribution in [3.8, 4) is 96.7 Å². The molecule has 13 heterocycles. The van der Waals surface area contributed by atoms with Crippen LogP contribution in [0, 0.1) is 18.3 Å². The molecule has 0 N–H and O–H groups in total. The minimum atomic E-state index is -4.80. The largest absolute Gasteiger partial charge is 0.573 e. The molecule has 13 aromatic heterocycles. The number of rotatable bonds is 19. The predicted octanol–water partition coefficient (Wildman–Crippen LogP) is 22.9. The zero-order valence-electron chi connectivity index (χ0n) is 77.2. The van der Waals surface area contributed by atoms with E-state index in [1.165, 1.54) is 97.6 Å². The Morgan fingerprint density at radius 1 is 0.372 bits per heavy atom. The van der Waals surface area contributed by atoms with Crippen molar-refractivity contribution in [2.75, 3.05) is 6.61 Å². The van der Waals surface area contributed by atoms with Gasteiger partial charge in [0.15, 0.2) is 46.3 Å². The van der Waals surface area contributed by atoms with E-state index in [-0.39, 0.29) is 91.9 Å². The van der Waals surface area contributed by atoms with Gasteiger partial charge in [0.25, 0.3) is 5.92 Å². The summed E-state index contributed by atoms with van der Waals surface area (Å²) in [5, 5.41) is 70.3. The number of halogens is 24. The van der Waals surface area contributed by atoms with Crippen LogP contribution in [0.15, 0.2) is 207 Å². The summed E-state index contributed by atoms with van der Waals surface area (Å²) in [5.74, 6) is -20.8. The molecule has 21 rings (SSSR count). The summed E-state index contributed by atoms with van der Waals surface area (Å²) in [6, 6.07) is 45.9. The van der Waals surface area contributed by atoms with E-state index in [1.54, 1.807) is 72.1 Å². The van der Waals surface area contributed by atoms with Gasteiger partial charge in [-0.3, -0.25) is 23.8 Å². The Kier molecular flexibility index (Phi) is 27.9. The molecule has 54 heteroatoms. The minimum absolute atomic E-state index is 0.00937. The van der Waals surface area contributed by atoms with Gasteiger partial charge in [0, 0.05) is 93.1 Å². The predicted molar refractivity (Wildman–Crippen MR) is 474 cm³/mol. The first-order chi connectivity index (χ1) is 69.3. The average Bonchev–Trinajstić information content (AvgIpc) is 1.58. The summed E-state index contributed by atoms with van der Waals surface area (Å²) in [6.45, 7) is 5.78. The molecule has 0 spiro atoms. The molecular weight excluding hydrogens is 2010 g/mol. The second-order valence-electron chi connectivity index (χ2n) is 34.7. The van der Waals surface area contributed by atoms with Crippen LogP contribution in [0.25, 0.3) is 102 Å². The average molecular weight is 2090 g/mol. The highest BCUT2D eigenvalue weighted by molar-refractivity contribution is 5.68. The van der Waals surface area contributed by atoms with E-state index in [2.05, 4.69) is 124 Å². The van der Waals surface area contributed by atoms with Crippen LogP contribution in [0.3, 0.4) is 0 Å². The summed E-state index contributed by atoms with van der Waals surface area (Å²) >= 11 is 0. The van der Waals surface area contributed by atoms with Crippen LogP contribution >= 0.6 is 0 Å². The summed E-state index contributed by atoms with van der Waals surface area (Å²) in [6.07, 6.45) is -8.37. The van der Waals surface area contributed by atoms with Gasteiger partial charge in [-0.2, -0.15) is 114 Å². The van der Waals surface area contributed by atoms with Crippen molar-refractivity contribution in [1.29, 1.82) is 5.26 Å². The highest BCUT2D eigenvalue weighted by atomic mass is 19.4. The van der Waals surface area contributed by atoms with Gasteiger partial charge in [-0.1, -0.05) is 43.3 Å². The third kappa shape index (κ3) is 24.3. The number of hydrogen-bond acceptors (Lipinski definition) is 24. The van der Waals surface area contributed by atoms with Crippen molar-refractivity contribution in [1.82, 2.24) is 123 Å². The molecule has 5 aromatic carbocycles. The Morgan fingerprint density at radius 2 is 0.743 bits per heavy atom. The SMILES string of the molecule is CC(F)(F)c1nnc2ccc(-c3ccc(C4(C#N)CCC4)cc3)nn12.CC(F)(F)c1nnc2ccc(-c3ccc(OC4CC(F)(F)C4)cc3)nn12.CC(F)(F)c1nnc2ccc(-c3ccc(OCC(F)(F)F)cn3)nn12.CC(F)(F)c1nnc2cnc(-c3ccc(C(F)(F)F)cc3)cn12.CC1(c2nnc3ccc(-c4ccc(OC(F)(F)F)cc4)nn23)CC1.Cc1cc(OC(F)(F)F)ccc1-c1cn2c(C(C)(F)F)nnc2cn1. The van der Waals surface area contributed by atoms with E-state index in [9.17, 15) is 111 Å². The van der Waals surface area contributed by atoms with Crippen molar-refractivity contribution in [2.45, 2.75) is 171 Å². The lowest BCUT2D eigenvalue weighted by Crippen LogP contribution is -2.43. The molecule has 3 fully saturated rings. The number of aromatic nitrogens is 25. The topological polar surface area (TPSA) is 332 Å². The Hall–Kier alpha value is -16.4. The van der Waals surface area contributed by atoms with Gasteiger partial charge < -0.3 is 18.9 Å². The van der Waals surface area contributed by atoms with E-state index in [4.69, 9.17) is 4.74 Å². The van der Waals surface area contributed by atoms with Gasteiger partial charge in [0.1, 0.15) is 34.8 Å². The fraction of sp³-hybridized carbons (Fsp3) is 0.298. The van der Waals surface area contributed by atoms with Crippen molar-refractivity contribution in [3.63, 3.8) is 0 Å². The van der Waals surface area contributed by atoms with E-state index in [1.807, 2.05) is 24.3 Å². The maximum Gasteiger partial charge on any atom is 0.573 e. The van der Waals surface area contributed by atoms with Gasteiger partial charge in [0.05, 0.1) is 69.8 Å². The lowest BCUT2D eigenvalue weighted by molar-refractivity contribution is -0.275. The standard InChI is InChI=1S/C18H15F2N5.C17H14F4N4O.C16H13F3N4O.C15H11F5N4O.C14H10F5N5O.C14H9F5N4/c1-17(19,20)16-23-22-15-8-7-14(24-25(15)16)12-3-5-13(6-4-12)18(11-21)9-2-10-18;1-16(18,19)15-23-22-14-7-6-13(24-25(14)15)10-2-4-11(5-3-10)26-12-8-17(20,21)9-12;1-15(8-9-15)14-21-20-13-7-6-12(22-23(13)14)10-2-4-11(5-3-10)24-16(17,18)19;1-8-5-9(25-15(18,19)20)3-4-10(8)11-7-24-12(6-21-11)22-23-13(24)14(2,16)17;1-13(15,16)12-22-21-11-5-4-10(23-24(11)12)9-3-2-8(6-20-9)25-7-14(17,18)19;1-13(15,16)12-22-21-11-6-20-10(7-23(11)12)8-2-4-9(5-3-8)14(17,18)19/h3-8H,2,9-10H2,1H3;2-7,12H,8-9H2,1H3;2-7H,8-9H2,1H3;3-7H,1-2H3;2-6H,7H2,1H3;2-7H,1H3. The highest BCUT2D eigenvalue weighted by Gasteiger charge is 2.48. The van der Waals surface area contributed by atoms with Crippen molar-refractivity contribution < 1.29 is 124 Å². The smallest absolute Gasteiger partial charge is 0.490 e. The Balaban J connectivity index is 0.000000127. The van der Waals surface area contributed by atoms with Gasteiger partial charge in [-0.15, -0.1) is 87.5 Å². The normalized spacial score (nSPS) is 14.7. The van der Waals surface area contributed by atoms with Crippen LogP contribution in [0.1, 0.15) is 138 Å². The molecule has 148 heavy (non-hydrogen) atoms. The van der Waals surface area contributed by atoms with E-state index < -0.39 is 108 Å². The molecule has 0 atom stereocenters. The Labute approximate surface area is 816 Å². The molecule has 770 valence electrons. The molecule has 0 saturated heterocycles. The first-order valence-corrected chi connectivity index (χ1v) is 43.8. The molecule has 3 aliphatic carbocycles. The van der Waals surface area contributed by atoms with Crippen LogP contribution < -0.4 is 18.9 Å². The molecular formula is C94H72F24N26O4. The molecule has 0 unspecified atom stereocenters. The maximum absolute atomic E-state index is 13.6. The van der Waals surface area contributed by atoms with Gasteiger partial charge in [0.2, 0.25) is 29.1 Å². The van der Waals surface area contributed by atoms with Gasteiger partial charge in [-0.05, 0) is 190 Å². The third-order valence-electron chi connectivity index (χ3n) is 22.8. The number of ether oxygens (including phenoxy) is 4. The van der Waals surface area contributed by atoms with Crippen LogP contribution in [-0.4, -0.2) is 161 Å². The summed E-state index contributed by atoms with van der Waals surface area (Å²) in [7, 11) is 0. The third-order valence-corrected chi connectivity index (χ3v) is 22.8. The second-order valence-corrected chi connectivity index (χ2v) is 34.7. The van der Waals surface area contributed by atoms with Gasteiger partial charge >= 0.3 is 54.7 Å². The van der Waals surface area contributed by atoms with Crippen LogP contribution in [0.4, 0.5) is 105 Å². The summed E-state index contributed by atoms with van der Waals surface area (Å²) < 4.78 is 333. The zero-order valence-corrected chi connectivity index (χ0v) is 77.2. The number of aryl methyl sites for hydroxylation is 1. The van der Waals surface area contributed by atoms with Crippen LogP contribution in [0.5, 0.6) is 23.0 Å². The molecule has 0 aliphatic heterocycles. The number of benzene rings is 5. The van der Waals surface area contributed by atoms with Crippen LogP contribution in [0.2, 0.25) is 0 Å². The molecule has 3 saturated carbocycles. The first-order valence-electron chi connectivity index (χ1n) is 43.8. The number of alkyl halides is 24. The van der Waals surface area contributed by atoms with E-state index in [0.717, 1.165) is 110 Å². The lowest BCUT2D eigenvalue weighted by atomic mass is 9.65. The fourth-order valence-corrected chi connectivity index (χ4v) is 15.0. The van der Waals surface area contributed by atoms with Crippen molar-refractivity contribution in [3.05, 3.63) is 259 Å². The zero-order chi connectivity index (χ0) is 107. The molecule has 18 aromatic rings. The number of fused-ring (bicyclic) bond motifs is 6. The van der Waals surface area contributed by atoms with Crippen LogP contribution in [-0.2, 0) is 46.6 Å². The summed E-state index contributed by atoms with van der Waals surface area (Å²) in [4.78, 5) is 12.1. The van der Waals surface area contributed by atoms with Crippen molar-refractivity contribution in [2.24, 2.45) is 0 Å². The minimum Gasteiger partial charge on any atom is -0.490 e. The number of hydrogen-bond donors (Lipinski definition) is 0. The number of nitriles is 1. The molecule has 0 amide bonds. The van der Waals surface area contributed by atoms with Crippen molar-refractivity contribution >= 4 is 33.9 Å². The monoisotopic (exact) mass is 2080 g/mol.